The van der Waals surface area contributed by atoms with Crippen molar-refractivity contribution in [1.29, 1.82) is 0 Å². The molecule has 2 bridgehead atoms. The lowest BCUT2D eigenvalue weighted by molar-refractivity contribution is -0.127. The molecule has 1 aromatic heterocycles. The van der Waals surface area contributed by atoms with Crippen LogP contribution >= 0.6 is 24.8 Å². The number of nitrogens with two attached hydrogens (primary N) is 1. The third kappa shape index (κ3) is 3.55. The monoisotopic (exact) mass is 402 g/mol. The lowest BCUT2D eigenvalue weighted by atomic mass is 9.84. The van der Waals surface area contributed by atoms with Crippen LogP contribution < -0.4 is 11.1 Å². The molecule has 5 nitrogen and oxygen atoms in total. The van der Waals surface area contributed by atoms with Gasteiger partial charge < -0.3 is 15.6 Å². The van der Waals surface area contributed by atoms with E-state index in [0.717, 1.165) is 29.7 Å². The predicted molar refractivity (Wildman–Crippen MR) is 104 cm³/mol. The molecule has 2 saturated carbocycles. The molecule has 2 aliphatic carbocycles. The third-order valence-electron chi connectivity index (χ3n) is 5.87. The standard InChI is InChI=1S/C18H23FN4O.2ClH/c1-23-14-9-12(19)4-5-13(14)22-15(23)6-7-21-18(24)16-10-2-3-11(8-10)17(16)20;;/h4-5,9-11,16-17H,2-3,6-8,20H2,1H3,(H,21,24);2*1H. The molecule has 1 amide bonds. The molecule has 2 aliphatic rings. The molecule has 1 aromatic carbocycles. The number of aryl methyl sites for hydroxylation is 1. The SMILES string of the molecule is Cl.Cl.Cn1c(CCNC(=O)C2C3CCC(C3)C2N)nc2ccc(F)cc21. The van der Waals surface area contributed by atoms with Crippen LogP contribution in [0.5, 0.6) is 0 Å². The highest BCUT2D eigenvalue weighted by Gasteiger charge is 2.48. The first-order valence-corrected chi connectivity index (χ1v) is 8.68. The molecule has 3 N–H and O–H groups in total. The number of hydrogen-bond acceptors (Lipinski definition) is 3. The van der Waals surface area contributed by atoms with Crippen LogP contribution in [0, 0.1) is 23.6 Å². The van der Waals surface area contributed by atoms with E-state index in [1.807, 2.05) is 11.6 Å². The molecule has 0 aliphatic heterocycles. The Balaban J connectivity index is 0.00000121. The van der Waals surface area contributed by atoms with Crippen molar-refractivity contribution >= 4 is 41.8 Å². The highest BCUT2D eigenvalue weighted by Crippen LogP contribution is 2.47. The molecule has 0 radical (unpaired) electrons. The smallest absolute Gasteiger partial charge is 0.224 e. The Kier molecular flexibility index (Phi) is 6.53. The number of hydrogen-bond donors (Lipinski definition) is 2. The van der Waals surface area contributed by atoms with Crippen molar-refractivity contribution in [1.82, 2.24) is 14.9 Å². The maximum Gasteiger partial charge on any atom is 0.224 e. The van der Waals surface area contributed by atoms with E-state index in [0.29, 0.717) is 24.8 Å². The Hall–Kier alpha value is -1.37. The van der Waals surface area contributed by atoms with Gasteiger partial charge in [0.05, 0.1) is 17.0 Å². The molecule has 4 unspecified atom stereocenters. The molecule has 2 fully saturated rings. The summed E-state index contributed by atoms with van der Waals surface area (Å²) in [4.78, 5) is 17.0. The van der Waals surface area contributed by atoms with Gasteiger partial charge in [-0.3, -0.25) is 4.79 Å². The molecule has 144 valence electrons. The molecule has 1 heterocycles. The quantitative estimate of drug-likeness (QED) is 0.824. The van der Waals surface area contributed by atoms with Crippen LogP contribution in [0.3, 0.4) is 0 Å². The molecular formula is C18H25Cl2FN4O. The van der Waals surface area contributed by atoms with E-state index in [1.165, 1.54) is 18.6 Å². The number of nitrogens with zero attached hydrogens (tertiary/aromatic N) is 2. The molecule has 4 atom stereocenters. The van der Waals surface area contributed by atoms with E-state index in [9.17, 15) is 9.18 Å². The largest absolute Gasteiger partial charge is 0.355 e. The maximum atomic E-state index is 13.4. The average Bonchev–Trinajstić information content (AvgIpc) is 3.22. The highest BCUT2D eigenvalue weighted by atomic mass is 35.5. The van der Waals surface area contributed by atoms with Gasteiger partial charge in [-0.05, 0) is 49.3 Å². The van der Waals surface area contributed by atoms with Crippen LogP contribution in [-0.2, 0) is 18.3 Å². The van der Waals surface area contributed by atoms with Crippen LogP contribution in [0.25, 0.3) is 11.0 Å². The van der Waals surface area contributed by atoms with Gasteiger partial charge in [-0.25, -0.2) is 9.37 Å². The van der Waals surface area contributed by atoms with Gasteiger partial charge in [-0.2, -0.15) is 0 Å². The Morgan fingerprint density at radius 3 is 2.77 bits per heavy atom. The van der Waals surface area contributed by atoms with Gasteiger partial charge in [-0.1, -0.05) is 0 Å². The van der Waals surface area contributed by atoms with Crippen LogP contribution in [-0.4, -0.2) is 28.0 Å². The molecule has 0 saturated heterocycles. The van der Waals surface area contributed by atoms with Gasteiger partial charge >= 0.3 is 0 Å². The van der Waals surface area contributed by atoms with Gasteiger partial charge in [-0.15, -0.1) is 24.8 Å². The topological polar surface area (TPSA) is 72.9 Å². The summed E-state index contributed by atoms with van der Waals surface area (Å²) in [5.41, 5.74) is 7.77. The number of imidazole rings is 1. The Bertz CT molecular complexity index is 795. The highest BCUT2D eigenvalue weighted by molar-refractivity contribution is 5.85. The average molecular weight is 403 g/mol. The maximum absolute atomic E-state index is 13.4. The van der Waals surface area contributed by atoms with Crippen molar-refractivity contribution in [2.45, 2.75) is 31.7 Å². The van der Waals surface area contributed by atoms with Gasteiger partial charge in [0.15, 0.2) is 0 Å². The minimum absolute atomic E-state index is 0. The fourth-order valence-corrected chi connectivity index (χ4v) is 4.58. The van der Waals surface area contributed by atoms with Crippen LogP contribution in [0.2, 0.25) is 0 Å². The predicted octanol–water partition coefficient (Wildman–Crippen LogP) is 2.59. The molecule has 4 rings (SSSR count). The summed E-state index contributed by atoms with van der Waals surface area (Å²) in [5.74, 6) is 1.62. The number of amides is 1. The summed E-state index contributed by atoms with van der Waals surface area (Å²) >= 11 is 0. The number of nitrogens with one attached hydrogen (secondary N) is 1. The molecular weight excluding hydrogens is 378 g/mol. The fourth-order valence-electron chi connectivity index (χ4n) is 4.58. The zero-order valence-electron chi connectivity index (χ0n) is 14.7. The van der Waals surface area contributed by atoms with E-state index < -0.39 is 0 Å². The summed E-state index contributed by atoms with van der Waals surface area (Å²) in [6.07, 6.45) is 4.03. The first-order chi connectivity index (χ1) is 11.5. The summed E-state index contributed by atoms with van der Waals surface area (Å²) in [5, 5.41) is 3.02. The normalized spacial score (nSPS) is 26.4. The number of carbonyl (C=O) groups is 1. The Labute approximate surface area is 164 Å². The lowest BCUT2D eigenvalue weighted by Crippen LogP contribution is -2.45. The van der Waals surface area contributed by atoms with Crippen LogP contribution in [0.4, 0.5) is 4.39 Å². The number of carbonyl (C=O) groups excluding carboxylic acids is 1. The van der Waals surface area contributed by atoms with Crippen molar-refractivity contribution in [3.63, 3.8) is 0 Å². The second-order valence-corrected chi connectivity index (χ2v) is 7.20. The minimum Gasteiger partial charge on any atom is -0.355 e. The minimum atomic E-state index is -0.268. The Morgan fingerprint density at radius 1 is 1.35 bits per heavy atom. The summed E-state index contributed by atoms with van der Waals surface area (Å²) < 4.78 is 15.2. The zero-order chi connectivity index (χ0) is 16.8. The van der Waals surface area contributed by atoms with Crippen molar-refractivity contribution in [2.24, 2.45) is 30.5 Å². The van der Waals surface area contributed by atoms with Gasteiger partial charge in [0.2, 0.25) is 5.91 Å². The van der Waals surface area contributed by atoms with Gasteiger partial charge in [0.1, 0.15) is 11.6 Å². The molecule has 0 spiro atoms. The summed E-state index contributed by atoms with van der Waals surface area (Å²) in [6, 6.07) is 4.60. The molecule has 8 heteroatoms. The lowest BCUT2D eigenvalue weighted by Gasteiger charge is -2.26. The fraction of sp³-hybridized carbons (Fsp3) is 0.556. The van der Waals surface area contributed by atoms with E-state index >= 15 is 0 Å². The number of halogens is 3. The molecule has 26 heavy (non-hydrogen) atoms. The Morgan fingerprint density at radius 2 is 2.08 bits per heavy atom. The van der Waals surface area contributed by atoms with Crippen LogP contribution in [0.15, 0.2) is 18.2 Å². The van der Waals surface area contributed by atoms with Crippen molar-refractivity contribution in [3.05, 3.63) is 29.8 Å². The first kappa shape index (κ1) is 20.9. The zero-order valence-corrected chi connectivity index (χ0v) is 16.3. The van der Waals surface area contributed by atoms with Crippen molar-refractivity contribution < 1.29 is 9.18 Å². The van der Waals surface area contributed by atoms with Crippen molar-refractivity contribution in [2.75, 3.05) is 6.54 Å². The second-order valence-electron chi connectivity index (χ2n) is 7.20. The van der Waals surface area contributed by atoms with Crippen LogP contribution in [0.1, 0.15) is 25.1 Å². The van der Waals surface area contributed by atoms with E-state index in [4.69, 9.17) is 5.73 Å². The molecule has 2 aromatic rings. The van der Waals surface area contributed by atoms with Gasteiger partial charge in [0, 0.05) is 26.1 Å². The summed E-state index contributed by atoms with van der Waals surface area (Å²) in [6.45, 7) is 0.527. The number of benzene rings is 1. The number of fused-ring (bicyclic) bond motifs is 3. The van der Waals surface area contributed by atoms with Crippen molar-refractivity contribution in [3.8, 4) is 0 Å². The van der Waals surface area contributed by atoms with E-state index in [-0.39, 0.29) is 48.5 Å². The first-order valence-electron chi connectivity index (χ1n) is 8.68. The van der Waals surface area contributed by atoms with E-state index in [2.05, 4.69) is 10.3 Å². The third-order valence-corrected chi connectivity index (χ3v) is 5.87. The summed E-state index contributed by atoms with van der Waals surface area (Å²) in [7, 11) is 1.87. The van der Waals surface area contributed by atoms with Gasteiger partial charge in [0.25, 0.3) is 0 Å². The number of rotatable bonds is 4. The number of aromatic nitrogens is 2. The van der Waals surface area contributed by atoms with E-state index in [1.54, 1.807) is 6.07 Å². The second kappa shape index (κ2) is 8.11.